The lowest BCUT2D eigenvalue weighted by Crippen LogP contribution is -2.19. The molecular formula is C23H23N3O. The summed E-state index contributed by atoms with van der Waals surface area (Å²) in [6, 6.07) is 18.0. The van der Waals surface area contributed by atoms with Crippen LogP contribution in [0.4, 0.5) is 0 Å². The molecule has 0 atom stereocenters. The first kappa shape index (κ1) is 18.6. The van der Waals surface area contributed by atoms with Gasteiger partial charge in [0, 0.05) is 24.1 Å². The van der Waals surface area contributed by atoms with Crippen molar-refractivity contribution in [1.82, 2.24) is 9.97 Å². The number of benzene rings is 2. The third kappa shape index (κ3) is 4.15. The summed E-state index contributed by atoms with van der Waals surface area (Å²) in [5.41, 5.74) is 4.58. The van der Waals surface area contributed by atoms with E-state index in [1.807, 2.05) is 55.5 Å². The van der Waals surface area contributed by atoms with E-state index in [1.54, 1.807) is 0 Å². The molecule has 3 rings (SSSR count). The number of nitrogens with zero attached hydrogens (tertiary/aromatic N) is 2. The van der Waals surface area contributed by atoms with Gasteiger partial charge in [0.1, 0.15) is 11.9 Å². The molecule has 0 unspecified atom stereocenters. The lowest BCUT2D eigenvalue weighted by molar-refractivity contribution is 0.738. The molecule has 4 nitrogen and oxygen atoms in total. The number of rotatable bonds is 6. The Balaban J connectivity index is 2.00. The van der Waals surface area contributed by atoms with Gasteiger partial charge in [-0.1, -0.05) is 61.9 Å². The molecule has 0 aliphatic heterocycles. The number of nitrogens with one attached hydrogen (secondary N) is 1. The van der Waals surface area contributed by atoms with Gasteiger partial charge in [0.15, 0.2) is 0 Å². The second kappa shape index (κ2) is 8.46. The molecule has 27 heavy (non-hydrogen) atoms. The molecule has 0 spiro atoms. The minimum Gasteiger partial charge on any atom is -0.310 e. The van der Waals surface area contributed by atoms with Crippen LogP contribution in [0.15, 0.2) is 53.3 Å². The quantitative estimate of drug-likeness (QED) is 0.703. The molecule has 1 heterocycles. The van der Waals surface area contributed by atoms with Crippen LogP contribution in [0.2, 0.25) is 0 Å². The highest BCUT2D eigenvalue weighted by Crippen LogP contribution is 2.27. The molecule has 4 heteroatoms. The predicted molar refractivity (Wildman–Crippen MR) is 108 cm³/mol. The molecule has 2 aromatic carbocycles. The number of unbranched alkanes of at least 4 members (excludes halogenated alkanes) is 1. The SMILES string of the molecule is CCCCc1nc(C)c(Cc2cccc(-c3ccccc3)c2C#N)c(=O)[nH]1. The van der Waals surface area contributed by atoms with E-state index in [-0.39, 0.29) is 5.56 Å². The Bertz CT molecular complexity index is 1030. The van der Waals surface area contributed by atoms with E-state index in [0.717, 1.165) is 47.5 Å². The smallest absolute Gasteiger partial charge is 0.254 e. The molecule has 0 aliphatic carbocycles. The number of aromatic amines is 1. The summed E-state index contributed by atoms with van der Waals surface area (Å²) >= 11 is 0. The maximum absolute atomic E-state index is 12.6. The van der Waals surface area contributed by atoms with Crippen LogP contribution in [0, 0.1) is 18.3 Å². The lowest BCUT2D eigenvalue weighted by atomic mass is 9.93. The van der Waals surface area contributed by atoms with E-state index < -0.39 is 0 Å². The highest BCUT2D eigenvalue weighted by molar-refractivity contribution is 5.72. The Morgan fingerprint density at radius 2 is 1.89 bits per heavy atom. The second-order valence-electron chi connectivity index (χ2n) is 6.67. The fraction of sp³-hybridized carbons (Fsp3) is 0.261. The van der Waals surface area contributed by atoms with Crippen molar-refractivity contribution in [3.05, 3.63) is 87.1 Å². The Hall–Kier alpha value is -3.19. The lowest BCUT2D eigenvalue weighted by Gasteiger charge is -2.11. The van der Waals surface area contributed by atoms with Gasteiger partial charge in [0.25, 0.3) is 5.56 Å². The van der Waals surface area contributed by atoms with Crippen molar-refractivity contribution in [2.75, 3.05) is 0 Å². The van der Waals surface area contributed by atoms with E-state index in [9.17, 15) is 10.1 Å². The van der Waals surface area contributed by atoms with Gasteiger partial charge in [0.05, 0.1) is 5.56 Å². The second-order valence-corrected chi connectivity index (χ2v) is 6.67. The van der Waals surface area contributed by atoms with Gasteiger partial charge in [-0.2, -0.15) is 5.26 Å². The van der Waals surface area contributed by atoms with Crippen LogP contribution < -0.4 is 5.56 Å². The number of nitriles is 1. The van der Waals surface area contributed by atoms with Crippen molar-refractivity contribution in [2.45, 2.75) is 39.5 Å². The van der Waals surface area contributed by atoms with Crippen LogP contribution in [0.5, 0.6) is 0 Å². The molecule has 1 aromatic heterocycles. The van der Waals surface area contributed by atoms with Gasteiger partial charge < -0.3 is 4.98 Å². The fourth-order valence-corrected chi connectivity index (χ4v) is 3.27. The third-order valence-electron chi connectivity index (χ3n) is 4.75. The van der Waals surface area contributed by atoms with Crippen LogP contribution in [0.25, 0.3) is 11.1 Å². The number of aromatic nitrogens is 2. The molecule has 0 saturated carbocycles. The molecule has 0 amide bonds. The normalized spacial score (nSPS) is 10.6. The first-order valence-corrected chi connectivity index (χ1v) is 9.30. The zero-order valence-corrected chi connectivity index (χ0v) is 15.7. The third-order valence-corrected chi connectivity index (χ3v) is 4.75. The summed E-state index contributed by atoms with van der Waals surface area (Å²) in [5, 5.41) is 9.77. The predicted octanol–water partition coefficient (Wildman–Crippen LogP) is 4.55. The van der Waals surface area contributed by atoms with Crippen LogP contribution in [-0.4, -0.2) is 9.97 Å². The summed E-state index contributed by atoms with van der Waals surface area (Å²) in [6.45, 7) is 3.98. The van der Waals surface area contributed by atoms with E-state index >= 15 is 0 Å². The van der Waals surface area contributed by atoms with Crippen molar-refractivity contribution in [3.63, 3.8) is 0 Å². The van der Waals surface area contributed by atoms with Crippen molar-refractivity contribution in [1.29, 1.82) is 5.26 Å². The maximum Gasteiger partial charge on any atom is 0.254 e. The van der Waals surface area contributed by atoms with Gasteiger partial charge >= 0.3 is 0 Å². The maximum atomic E-state index is 12.6. The van der Waals surface area contributed by atoms with Crippen LogP contribution in [-0.2, 0) is 12.8 Å². The number of H-pyrrole nitrogens is 1. The summed E-state index contributed by atoms with van der Waals surface area (Å²) in [7, 11) is 0. The molecule has 0 aliphatic rings. The molecular weight excluding hydrogens is 334 g/mol. The monoisotopic (exact) mass is 357 g/mol. The van der Waals surface area contributed by atoms with E-state index in [4.69, 9.17) is 0 Å². The molecule has 0 saturated heterocycles. The zero-order valence-electron chi connectivity index (χ0n) is 15.7. The Kier molecular flexibility index (Phi) is 5.83. The standard InChI is InChI=1S/C23H23N3O/c1-3-4-13-22-25-16(2)20(23(27)26-22)14-18-11-8-12-19(21(18)15-24)17-9-6-5-7-10-17/h5-12H,3-4,13-14H2,1-2H3,(H,25,26,27). The van der Waals surface area contributed by atoms with Crippen LogP contribution in [0.1, 0.15) is 48.0 Å². The van der Waals surface area contributed by atoms with Crippen molar-refractivity contribution in [2.24, 2.45) is 0 Å². The molecule has 1 N–H and O–H groups in total. The van der Waals surface area contributed by atoms with Crippen LogP contribution >= 0.6 is 0 Å². The van der Waals surface area contributed by atoms with Crippen molar-refractivity contribution in [3.8, 4) is 17.2 Å². The highest BCUT2D eigenvalue weighted by Gasteiger charge is 2.14. The number of hydrogen-bond donors (Lipinski definition) is 1. The zero-order chi connectivity index (χ0) is 19.2. The van der Waals surface area contributed by atoms with Crippen molar-refractivity contribution < 1.29 is 0 Å². The topological polar surface area (TPSA) is 69.5 Å². The Labute approximate surface area is 159 Å². The minimum absolute atomic E-state index is 0.109. The summed E-state index contributed by atoms with van der Waals surface area (Å²) in [5.74, 6) is 0.738. The van der Waals surface area contributed by atoms with Gasteiger partial charge in [0.2, 0.25) is 0 Å². The summed E-state index contributed by atoms with van der Waals surface area (Å²) in [4.78, 5) is 20.1. The summed E-state index contributed by atoms with van der Waals surface area (Å²) < 4.78 is 0. The highest BCUT2D eigenvalue weighted by atomic mass is 16.1. The molecule has 0 fully saturated rings. The number of hydrogen-bond acceptors (Lipinski definition) is 3. The first-order chi connectivity index (χ1) is 13.1. The summed E-state index contributed by atoms with van der Waals surface area (Å²) in [6.07, 6.45) is 3.23. The minimum atomic E-state index is -0.109. The molecule has 0 bridgehead atoms. The van der Waals surface area contributed by atoms with Gasteiger partial charge in [-0.15, -0.1) is 0 Å². The Morgan fingerprint density at radius 1 is 1.11 bits per heavy atom. The van der Waals surface area contributed by atoms with Gasteiger partial charge in [-0.3, -0.25) is 4.79 Å². The van der Waals surface area contributed by atoms with E-state index in [1.165, 1.54) is 0 Å². The molecule has 0 radical (unpaired) electrons. The van der Waals surface area contributed by atoms with E-state index in [2.05, 4.69) is 23.0 Å². The molecule has 3 aromatic rings. The van der Waals surface area contributed by atoms with Crippen LogP contribution in [0.3, 0.4) is 0 Å². The fourth-order valence-electron chi connectivity index (χ4n) is 3.27. The largest absolute Gasteiger partial charge is 0.310 e. The van der Waals surface area contributed by atoms with Gasteiger partial charge in [-0.05, 0) is 30.0 Å². The Morgan fingerprint density at radius 3 is 2.56 bits per heavy atom. The number of aryl methyl sites for hydroxylation is 2. The molecule has 136 valence electrons. The van der Waals surface area contributed by atoms with Gasteiger partial charge in [-0.25, -0.2) is 4.98 Å². The first-order valence-electron chi connectivity index (χ1n) is 9.30. The average Bonchev–Trinajstić information content (AvgIpc) is 2.69. The average molecular weight is 357 g/mol. The van der Waals surface area contributed by atoms with Crippen molar-refractivity contribution >= 4 is 0 Å². The van der Waals surface area contributed by atoms with E-state index in [0.29, 0.717) is 17.5 Å².